The van der Waals surface area contributed by atoms with Crippen LogP contribution >= 0.6 is 27.3 Å². The lowest BCUT2D eigenvalue weighted by atomic mass is 10.2. The van der Waals surface area contributed by atoms with E-state index in [9.17, 15) is 4.79 Å². The van der Waals surface area contributed by atoms with Gasteiger partial charge in [-0.25, -0.2) is 4.98 Å². The van der Waals surface area contributed by atoms with Gasteiger partial charge in [-0.3, -0.25) is 9.69 Å². The fraction of sp³-hybridized carbons (Fsp3) is 0.348. The molecule has 3 heterocycles. The van der Waals surface area contributed by atoms with Gasteiger partial charge in [0, 0.05) is 77.1 Å². The smallest absolute Gasteiger partial charge is 0.229 e. The lowest BCUT2D eigenvalue weighted by Crippen LogP contribution is -2.48. The topological polar surface area (TPSA) is 99.4 Å². The third-order valence-corrected chi connectivity index (χ3v) is 7.04. The van der Waals surface area contributed by atoms with Crippen LogP contribution in [0.25, 0.3) is 0 Å². The summed E-state index contributed by atoms with van der Waals surface area (Å²) in [7, 11) is 0. The Labute approximate surface area is 206 Å². The maximum absolute atomic E-state index is 12.3. The van der Waals surface area contributed by atoms with Crippen LogP contribution in [0.5, 0.6) is 0 Å². The maximum atomic E-state index is 12.3. The molecule has 3 aromatic rings. The average molecular weight is 530 g/mol. The molecule has 2 aromatic heterocycles. The molecule has 1 fully saturated rings. The first-order valence-electron chi connectivity index (χ1n) is 10.9. The van der Waals surface area contributed by atoms with E-state index in [1.165, 1.54) is 0 Å². The Morgan fingerprint density at radius 3 is 2.52 bits per heavy atom. The van der Waals surface area contributed by atoms with E-state index in [1.54, 1.807) is 11.3 Å². The van der Waals surface area contributed by atoms with E-state index < -0.39 is 0 Å². The lowest BCUT2D eigenvalue weighted by Gasteiger charge is -2.34. The number of aryl methyl sites for hydroxylation is 1. The Morgan fingerprint density at radius 2 is 1.85 bits per heavy atom. The second-order valence-corrected chi connectivity index (χ2v) is 9.88. The number of halogens is 1. The number of piperazine rings is 1. The van der Waals surface area contributed by atoms with Crippen LogP contribution in [0.2, 0.25) is 0 Å². The molecule has 1 aliphatic heterocycles. The van der Waals surface area contributed by atoms with Crippen molar-refractivity contribution in [2.24, 2.45) is 5.73 Å². The molecule has 1 aliphatic rings. The monoisotopic (exact) mass is 529 g/mol. The number of benzene rings is 1. The van der Waals surface area contributed by atoms with Gasteiger partial charge in [0.25, 0.3) is 0 Å². The van der Waals surface area contributed by atoms with E-state index in [2.05, 4.69) is 41.3 Å². The van der Waals surface area contributed by atoms with Crippen LogP contribution in [0.15, 0.2) is 46.3 Å². The molecule has 8 nitrogen and oxygen atoms in total. The average Bonchev–Trinajstić information content (AvgIpc) is 3.20. The number of thiophene rings is 1. The van der Waals surface area contributed by atoms with Crippen LogP contribution in [0, 0.1) is 6.92 Å². The zero-order chi connectivity index (χ0) is 23.2. The summed E-state index contributed by atoms with van der Waals surface area (Å²) in [6, 6.07) is 11.5. The molecule has 174 valence electrons. The number of carbonyl (C=O) groups is 1. The van der Waals surface area contributed by atoms with Gasteiger partial charge in [-0.15, -0.1) is 11.3 Å². The quantitative estimate of drug-likeness (QED) is 0.409. The van der Waals surface area contributed by atoms with E-state index in [0.29, 0.717) is 13.0 Å². The van der Waals surface area contributed by atoms with Gasteiger partial charge in [0.05, 0.1) is 6.42 Å². The summed E-state index contributed by atoms with van der Waals surface area (Å²) in [5, 5.41) is 8.28. The van der Waals surface area contributed by atoms with Crippen molar-refractivity contribution < 1.29 is 4.79 Å². The largest absolute Gasteiger partial charge is 0.340 e. The number of nitrogens with zero attached hydrogens (tertiary/aromatic N) is 4. The second kappa shape index (κ2) is 11.1. The lowest BCUT2D eigenvalue weighted by molar-refractivity contribution is -0.115. The van der Waals surface area contributed by atoms with Crippen LogP contribution in [0.3, 0.4) is 0 Å². The number of hydrogen-bond acceptors (Lipinski definition) is 8. The first-order valence-corrected chi connectivity index (χ1v) is 12.6. The number of hydrogen-bond donors (Lipinski definition) is 3. The Balaban J connectivity index is 1.35. The number of amides is 1. The van der Waals surface area contributed by atoms with Gasteiger partial charge < -0.3 is 21.3 Å². The van der Waals surface area contributed by atoms with Crippen molar-refractivity contribution in [3.05, 3.63) is 56.8 Å². The molecule has 0 atom stereocenters. The summed E-state index contributed by atoms with van der Waals surface area (Å²) < 4.78 is 1.00. The van der Waals surface area contributed by atoms with Crippen LogP contribution in [-0.4, -0.2) is 60.0 Å². The van der Waals surface area contributed by atoms with Crippen molar-refractivity contribution in [3.8, 4) is 0 Å². The highest BCUT2D eigenvalue weighted by Crippen LogP contribution is 2.23. The maximum Gasteiger partial charge on any atom is 0.229 e. The van der Waals surface area contributed by atoms with Crippen molar-refractivity contribution in [2.75, 3.05) is 54.8 Å². The van der Waals surface area contributed by atoms with Crippen LogP contribution < -0.4 is 21.3 Å². The van der Waals surface area contributed by atoms with Crippen molar-refractivity contribution in [1.82, 2.24) is 14.9 Å². The van der Waals surface area contributed by atoms with Crippen LogP contribution in [-0.2, 0) is 11.2 Å². The number of nitrogens with two attached hydrogens (primary N) is 1. The second-order valence-electron chi connectivity index (χ2n) is 7.97. The number of anilines is 4. The number of nitrogens with one attached hydrogen (secondary N) is 2. The molecular weight excluding hydrogens is 502 g/mol. The first kappa shape index (κ1) is 23.6. The van der Waals surface area contributed by atoms with Crippen molar-refractivity contribution in [1.29, 1.82) is 0 Å². The van der Waals surface area contributed by atoms with Crippen LogP contribution in [0.4, 0.5) is 23.1 Å². The summed E-state index contributed by atoms with van der Waals surface area (Å²) >= 11 is 4.98. The molecule has 4 N–H and O–H groups in total. The van der Waals surface area contributed by atoms with Crippen LogP contribution in [0.1, 0.15) is 10.6 Å². The molecule has 33 heavy (non-hydrogen) atoms. The Kier molecular flexibility index (Phi) is 7.92. The van der Waals surface area contributed by atoms with E-state index in [0.717, 1.165) is 70.9 Å². The Hall–Kier alpha value is -2.53. The Morgan fingerprint density at radius 1 is 1.12 bits per heavy atom. The summed E-state index contributed by atoms with van der Waals surface area (Å²) in [6.45, 7) is 7.30. The van der Waals surface area contributed by atoms with Gasteiger partial charge in [0.2, 0.25) is 11.9 Å². The standard InChI is InChI=1S/C23H28BrN7OS/c1-16-12-21(29-23(26-16)31-10-8-30(7-6-25)9-11-31)27-18-2-4-19(5-3-18)28-22(32)14-20-13-17(24)15-33-20/h2-5,12-13,15H,6-11,14,25H2,1H3,(H,28,32)(H,26,27,29). The molecule has 0 unspecified atom stereocenters. The van der Waals surface area contributed by atoms with Gasteiger partial charge in [0.15, 0.2) is 0 Å². The van der Waals surface area contributed by atoms with Gasteiger partial charge in [-0.1, -0.05) is 0 Å². The van der Waals surface area contributed by atoms with E-state index in [-0.39, 0.29) is 5.91 Å². The van der Waals surface area contributed by atoms with Gasteiger partial charge >= 0.3 is 0 Å². The summed E-state index contributed by atoms with van der Waals surface area (Å²) in [5.41, 5.74) is 8.24. The number of rotatable bonds is 8. The minimum Gasteiger partial charge on any atom is -0.340 e. The van der Waals surface area contributed by atoms with Crippen molar-refractivity contribution in [2.45, 2.75) is 13.3 Å². The van der Waals surface area contributed by atoms with E-state index in [4.69, 9.17) is 10.7 Å². The normalized spacial score (nSPS) is 14.3. The highest BCUT2D eigenvalue weighted by Gasteiger charge is 2.19. The highest BCUT2D eigenvalue weighted by molar-refractivity contribution is 9.10. The van der Waals surface area contributed by atoms with Gasteiger partial charge in [-0.2, -0.15) is 4.98 Å². The highest BCUT2D eigenvalue weighted by atomic mass is 79.9. The fourth-order valence-corrected chi connectivity index (χ4v) is 5.16. The van der Waals surface area contributed by atoms with E-state index in [1.807, 2.05) is 48.7 Å². The molecule has 0 bridgehead atoms. The zero-order valence-electron chi connectivity index (χ0n) is 18.6. The number of carbonyl (C=O) groups excluding carboxylic acids is 1. The molecule has 0 radical (unpaired) electrons. The molecule has 1 aromatic carbocycles. The molecule has 0 saturated carbocycles. The molecule has 4 rings (SSSR count). The molecule has 0 spiro atoms. The van der Waals surface area contributed by atoms with Crippen molar-refractivity contribution >= 4 is 56.3 Å². The molecule has 10 heteroatoms. The predicted molar refractivity (Wildman–Crippen MR) is 139 cm³/mol. The van der Waals surface area contributed by atoms with E-state index >= 15 is 0 Å². The Bertz CT molecular complexity index is 1080. The summed E-state index contributed by atoms with van der Waals surface area (Å²) in [4.78, 5) is 27.3. The third kappa shape index (κ3) is 6.73. The number of aromatic nitrogens is 2. The fourth-order valence-electron chi connectivity index (χ4n) is 3.71. The molecule has 1 saturated heterocycles. The minimum atomic E-state index is -0.0345. The van der Waals surface area contributed by atoms with Gasteiger partial charge in [0.1, 0.15) is 5.82 Å². The zero-order valence-corrected chi connectivity index (χ0v) is 21.0. The first-order chi connectivity index (χ1) is 16.0. The molecule has 1 amide bonds. The summed E-state index contributed by atoms with van der Waals surface area (Å²) in [5.74, 6) is 1.46. The van der Waals surface area contributed by atoms with Gasteiger partial charge in [-0.05, 0) is 53.2 Å². The molecule has 0 aliphatic carbocycles. The SMILES string of the molecule is Cc1cc(Nc2ccc(NC(=O)Cc3cc(Br)cs3)cc2)nc(N2CCN(CCN)CC2)n1. The predicted octanol–water partition coefficient (Wildman–Crippen LogP) is 3.61. The van der Waals surface area contributed by atoms with Crippen molar-refractivity contribution in [3.63, 3.8) is 0 Å². The minimum absolute atomic E-state index is 0.0345. The molecular formula is C23H28BrN7OS. The third-order valence-electron chi connectivity index (χ3n) is 5.34. The summed E-state index contributed by atoms with van der Waals surface area (Å²) in [6.07, 6.45) is 0.361.